The number of nitro groups is 1. The van der Waals surface area contributed by atoms with Gasteiger partial charge in [0.15, 0.2) is 0 Å². The number of rotatable bonds is 11. The summed E-state index contributed by atoms with van der Waals surface area (Å²) in [6, 6.07) is 21.8. The molecule has 1 atom stereocenters. The van der Waals surface area contributed by atoms with Gasteiger partial charge < -0.3 is 9.15 Å². The number of amides is 1. The van der Waals surface area contributed by atoms with Crippen molar-refractivity contribution in [2.75, 3.05) is 7.11 Å². The van der Waals surface area contributed by atoms with Gasteiger partial charge in [0, 0.05) is 6.42 Å². The number of carbonyl (C=O) groups is 1. The second kappa shape index (κ2) is 12.4. The smallest absolute Gasteiger partial charge is 0.284 e. The van der Waals surface area contributed by atoms with Gasteiger partial charge in [-0.15, -0.1) is 0 Å². The first-order valence-electron chi connectivity index (χ1n) is 12.0. The van der Waals surface area contributed by atoms with Crippen molar-refractivity contribution in [3.63, 3.8) is 0 Å². The maximum atomic E-state index is 13.0. The Bertz CT molecular complexity index is 1630. The molecule has 0 unspecified atom stereocenters. The molecule has 4 aromatic rings. The Hall–Kier alpha value is -4.81. The average Bonchev–Trinajstić information content (AvgIpc) is 3.41. The first kappa shape index (κ1) is 28.2. The van der Waals surface area contributed by atoms with E-state index in [2.05, 4.69) is 15.2 Å². The number of benzene rings is 3. The molecule has 0 aliphatic rings. The predicted molar refractivity (Wildman–Crippen MR) is 148 cm³/mol. The molecule has 0 spiro atoms. The zero-order valence-corrected chi connectivity index (χ0v) is 22.4. The van der Waals surface area contributed by atoms with Crippen LogP contribution < -0.4 is 14.9 Å². The summed E-state index contributed by atoms with van der Waals surface area (Å²) in [6.07, 6.45) is 1.01. The molecule has 40 heavy (non-hydrogen) atoms. The largest absolute Gasteiger partial charge is 0.497 e. The van der Waals surface area contributed by atoms with Crippen LogP contribution in [0.5, 0.6) is 5.75 Å². The summed E-state index contributed by atoms with van der Waals surface area (Å²) in [7, 11) is -2.50. The van der Waals surface area contributed by atoms with Crippen LogP contribution in [0.2, 0.25) is 0 Å². The van der Waals surface area contributed by atoms with E-state index in [0.29, 0.717) is 11.3 Å². The Morgan fingerprint density at radius 3 is 2.48 bits per heavy atom. The van der Waals surface area contributed by atoms with Crippen LogP contribution in [0.1, 0.15) is 29.3 Å². The van der Waals surface area contributed by atoms with Gasteiger partial charge in [-0.3, -0.25) is 14.9 Å². The Balaban J connectivity index is 1.45. The molecule has 11 nitrogen and oxygen atoms in total. The third-order valence-corrected chi connectivity index (χ3v) is 7.38. The van der Waals surface area contributed by atoms with Crippen molar-refractivity contribution < 1.29 is 27.3 Å². The number of furan rings is 1. The van der Waals surface area contributed by atoms with E-state index in [9.17, 15) is 23.3 Å². The quantitative estimate of drug-likeness (QED) is 0.152. The summed E-state index contributed by atoms with van der Waals surface area (Å²) >= 11 is 0. The third kappa shape index (κ3) is 6.98. The lowest BCUT2D eigenvalue weighted by Crippen LogP contribution is -2.32. The minimum absolute atomic E-state index is 0.0863. The van der Waals surface area contributed by atoms with Crippen LogP contribution in [0.4, 0.5) is 5.69 Å². The van der Waals surface area contributed by atoms with E-state index in [4.69, 9.17) is 9.15 Å². The molecular weight excluding hydrogens is 536 g/mol. The Morgan fingerprint density at radius 1 is 1.07 bits per heavy atom. The normalized spacial score (nSPS) is 12.2. The number of ether oxygens (including phenoxy) is 1. The summed E-state index contributed by atoms with van der Waals surface area (Å²) < 4.78 is 39.3. The van der Waals surface area contributed by atoms with E-state index < -0.39 is 26.9 Å². The third-order valence-electron chi connectivity index (χ3n) is 5.90. The summed E-state index contributed by atoms with van der Waals surface area (Å²) in [5, 5.41) is 15.4. The minimum Gasteiger partial charge on any atom is -0.497 e. The van der Waals surface area contributed by atoms with Crippen LogP contribution in [0.25, 0.3) is 11.3 Å². The van der Waals surface area contributed by atoms with Gasteiger partial charge in [0.05, 0.1) is 40.8 Å². The van der Waals surface area contributed by atoms with Crippen molar-refractivity contribution in [3.8, 4) is 17.1 Å². The molecule has 4 rings (SSSR count). The van der Waals surface area contributed by atoms with Gasteiger partial charge >= 0.3 is 0 Å². The van der Waals surface area contributed by atoms with Gasteiger partial charge in [0.25, 0.3) is 5.69 Å². The topological polar surface area (TPSA) is 153 Å². The first-order valence-corrected chi connectivity index (χ1v) is 13.5. The van der Waals surface area contributed by atoms with Crippen molar-refractivity contribution >= 4 is 27.8 Å². The molecule has 0 saturated heterocycles. The van der Waals surface area contributed by atoms with Gasteiger partial charge in [-0.1, -0.05) is 48.0 Å². The standard InChI is InChI=1S/C28H26N4O7S/c1-19-8-12-23(13-9-19)40(36,37)31-25(20-6-4-3-5-7-20)17-28(33)30-29-18-22-11-15-27(39-22)24-14-10-21(38-2)16-26(24)32(34)35/h3-16,18,25,31H,17H2,1-2H3,(H,30,33)/b29-18-/t25-/m0/s1. The van der Waals surface area contributed by atoms with Crippen molar-refractivity contribution in [3.05, 3.63) is 112 Å². The number of methoxy groups -OCH3 is 1. The van der Waals surface area contributed by atoms with E-state index in [1.165, 1.54) is 37.6 Å². The lowest BCUT2D eigenvalue weighted by atomic mass is 10.0. The lowest BCUT2D eigenvalue weighted by molar-refractivity contribution is -0.384. The first-order chi connectivity index (χ1) is 19.2. The Kier molecular flexibility index (Phi) is 8.72. The maximum absolute atomic E-state index is 13.0. The van der Waals surface area contributed by atoms with Crippen molar-refractivity contribution in [2.45, 2.75) is 24.3 Å². The fourth-order valence-corrected chi connectivity index (χ4v) is 5.07. The number of sulfonamides is 1. The molecule has 1 aromatic heterocycles. The number of nitro benzene ring substituents is 1. The fraction of sp³-hybridized carbons (Fsp3) is 0.143. The van der Waals surface area contributed by atoms with Crippen molar-refractivity contribution in [1.82, 2.24) is 10.1 Å². The highest BCUT2D eigenvalue weighted by atomic mass is 32.2. The molecule has 206 valence electrons. The van der Waals surface area contributed by atoms with Crippen molar-refractivity contribution in [2.24, 2.45) is 5.10 Å². The van der Waals surface area contributed by atoms with E-state index >= 15 is 0 Å². The predicted octanol–water partition coefficient (Wildman–Crippen LogP) is 4.73. The molecule has 0 radical (unpaired) electrons. The number of hydrazone groups is 1. The molecular formula is C28H26N4O7S. The maximum Gasteiger partial charge on any atom is 0.284 e. The second-order valence-electron chi connectivity index (χ2n) is 8.74. The monoisotopic (exact) mass is 562 g/mol. The molecule has 3 aromatic carbocycles. The summed E-state index contributed by atoms with van der Waals surface area (Å²) in [4.78, 5) is 23.7. The molecule has 2 N–H and O–H groups in total. The van der Waals surface area contributed by atoms with E-state index in [1.807, 2.05) is 6.92 Å². The molecule has 0 saturated carbocycles. The Labute approximate surface area is 230 Å². The van der Waals surface area contributed by atoms with Crippen LogP contribution in [0.3, 0.4) is 0 Å². The molecule has 0 aliphatic heterocycles. The zero-order valence-electron chi connectivity index (χ0n) is 21.6. The van der Waals surface area contributed by atoms with Gasteiger partial charge in [-0.2, -0.15) is 5.10 Å². The molecule has 1 heterocycles. The zero-order chi connectivity index (χ0) is 28.7. The van der Waals surface area contributed by atoms with Crippen molar-refractivity contribution in [1.29, 1.82) is 0 Å². The van der Waals surface area contributed by atoms with Gasteiger partial charge in [-0.05, 0) is 48.9 Å². The highest BCUT2D eigenvalue weighted by molar-refractivity contribution is 7.89. The number of nitrogens with one attached hydrogen (secondary N) is 2. The van der Waals surface area contributed by atoms with Crippen LogP contribution in [-0.2, 0) is 14.8 Å². The summed E-state index contributed by atoms with van der Waals surface area (Å²) in [6.45, 7) is 1.86. The van der Waals surface area contributed by atoms with E-state index in [0.717, 1.165) is 5.56 Å². The van der Waals surface area contributed by atoms with Crippen LogP contribution >= 0.6 is 0 Å². The molecule has 0 bridgehead atoms. The second-order valence-corrected chi connectivity index (χ2v) is 10.5. The average molecular weight is 563 g/mol. The van der Waals surface area contributed by atoms with Gasteiger partial charge in [0.1, 0.15) is 17.3 Å². The lowest BCUT2D eigenvalue weighted by Gasteiger charge is -2.18. The highest BCUT2D eigenvalue weighted by Crippen LogP contribution is 2.34. The molecule has 12 heteroatoms. The Morgan fingerprint density at radius 2 is 1.80 bits per heavy atom. The summed E-state index contributed by atoms with van der Waals surface area (Å²) in [5.41, 5.74) is 3.95. The fourth-order valence-electron chi connectivity index (χ4n) is 3.85. The van der Waals surface area contributed by atoms with Gasteiger partial charge in [0.2, 0.25) is 15.9 Å². The number of aryl methyl sites for hydroxylation is 1. The molecule has 0 aliphatic carbocycles. The summed E-state index contributed by atoms with van der Waals surface area (Å²) in [5.74, 6) is 0.257. The van der Waals surface area contributed by atoms with Gasteiger partial charge in [-0.25, -0.2) is 18.6 Å². The minimum atomic E-state index is -3.91. The van der Waals surface area contributed by atoms with Crippen LogP contribution in [0.15, 0.2) is 99.3 Å². The highest BCUT2D eigenvalue weighted by Gasteiger charge is 2.24. The SMILES string of the molecule is COc1ccc(-c2ccc(/C=N\NC(=O)C[C@H](NS(=O)(=O)c3ccc(C)cc3)c3ccccc3)o2)c([N+](=O)[O-])c1. The van der Waals surface area contributed by atoms with E-state index in [1.54, 1.807) is 60.7 Å². The van der Waals surface area contributed by atoms with E-state index in [-0.39, 0.29) is 34.1 Å². The van der Waals surface area contributed by atoms with Crippen LogP contribution in [0, 0.1) is 17.0 Å². The molecule has 1 amide bonds. The number of carbonyl (C=O) groups excluding carboxylic acids is 1. The van der Waals surface area contributed by atoms with Crippen LogP contribution in [-0.4, -0.2) is 32.6 Å². The number of hydrogen-bond donors (Lipinski definition) is 2. The molecule has 0 fully saturated rings. The number of nitrogens with zero attached hydrogens (tertiary/aromatic N) is 2. The number of hydrogen-bond acceptors (Lipinski definition) is 8.